The number of hydrogen-bond acceptors (Lipinski definition) is 2. The molecule has 2 unspecified atom stereocenters. The van der Waals surface area contributed by atoms with Crippen LogP contribution < -0.4 is 10.6 Å². The summed E-state index contributed by atoms with van der Waals surface area (Å²) in [5, 5.41) is 17.3. The molecule has 0 aliphatic rings. The molecule has 0 saturated heterocycles. The lowest BCUT2D eigenvalue weighted by molar-refractivity contribution is 0.187. The number of hydrogen-bond donors (Lipinski definition) is 3. The summed E-state index contributed by atoms with van der Waals surface area (Å²) in [6.07, 6.45) is -0.794. The number of halogens is 2. The maximum absolute atomic E-state index is 13.0. The van der Waals surface area contributed by atoms with Crippen molar-refractivity contribution in [1.29, 1.82) is 0 Å². The van der Waals surface area contributed by atoms with E-state index in [4.69, 9.17) is 11.6 Å². The molecule has 0 bridgehead atoms. The number of benzene rings is 2. The molecule has 0 heterocycles. The molecule has 0 radical (unpaired) electrons. The van der Waals surface area contributed by atoms with Gasteiger partial charge in [-0.1, -0.05) is 35.9 Å². The summed E-state index contributed by atoms with van der Waals surface area (Å²) in [5.41, 5.74) is 1.67. The van der Waals surface area contributed by atoms with Gasteiger partial charge in [0, 0.05) is 11.6 Å². The maximum Gasteiger partial charge on any atom is 0.191 e. The molecule has 2 atom stereocenters. The van der Waals surface area contributed by atoms with Crippen molar-refractivity contribution >= 4 is 17.6 Å². The van der Waals surface area contributed by atoms with Gasteiger partial charge < -0.3 is 15.7 Å². The highest BCUT2D eigenvalue weighted by molar-refractivity contribution is 6.30. The van der Waals surface area contributed by atoms with Gasteiger partial charge in [-0.05, 0) is 49.2 Å². The minimum Gasteiger partial charge on any atom is -0.386 e. The molecule has 0 saturated carbocycles. The monoisotopic (exact) mass is 363 g/mol. The molecule has 134 valence electrons. The van der Waals surface area contributed by atoms with Crippen LogP contribution in [0.5, 0.6) is 0 Å². The average Bonchev–Trinajstić information content (AvgIpc) is 2.60. The van der Waals surface area contributed by atoms with E-state index in [1.165, 1.54) is 12.1 Å². The van der Waals surface area contributed by atoms with Gasteiger partial charge in [0.05, 0.1) is 18.7 Å². The largest absolute Gasteiger partial charge is 0.386 e. The minimum absolute atomic E-state index is 0.000496. The molecule has 2 rings (SSSR count). The Morgan fingerprint density at radius 3 is 2.56 bits per heavy atom. The minimum atomic E-state index is -0.794. The van der Waals surface area contributed by atoms with Crippen LogP contribution in [-0.2, 0) is 0 Å². The van der Waals surface area contributed by atoms with E-state index in [1.54, 1.807) is 12.1 Å². The van der Waals surface area contributed by atoms with Crippen LogP contribution >= 0.6 is 11.6 Å². The summed E-state index contributed by atoms with van der Waals surface area (Å²) in [6, 6.07) is 13.4. The van der Waals surface area contributed by atoms with Gasteiger partial charge in [0.25, 0.3) is 0 Å². The summed E-state index contributed by atoms with van der Waals surface area (Å²) >= 11 is 6.03. The molecule has 3 N–H and O–H groups in total. The number of nitrogens with one attached hydrogen (secondary N) is 2. The second-order valence-electron chi connectivity index (χ2n) is 5.71. The first-order chi connectivity index (χ1) is 12.0. The van der Waals surface area contributed by atoms with Crippen LogP contribution in [0.2, 0.25) is 5.02 Å². The number of guanidine groups is 1. The molecule has 0 aromatic heterocycles. The van der Waals surface area contributed by atoms with Gasteiger partial charge in [0.15, 0.2) is 5.96 Å². The first-order valence-corrected chi connectivity index (χ1v) is 8.61. The second kappa shape index (κ2) is 9.39. The molecular weight excluding hydrogens is 341 g/mol. The predicted octanol–water partition coefficient (Wildman–Crippen LogP) is 3.83. The van der Waals surface area contributed by atoms with Crippen LogP contribution in [0.25, 0.3) is 0 Å². The highest BCUT2D eigenvalue weighted by atomic mass is 35.5. The number of nitrogens with zero attached hydrogens (tertiary/aromatic N) is 1. The smallest absolute Gasteiger partial charge is 0.191 e. The topological polar surface area (TPSA) is 56.7 Å². The third-order valence-electron chi connectivity index (χ3n) is 3.72. The zero-order chi connectivity index (χ0) is 18.2. The number of aliphatic imine (C=N–C) groups is 1. The van der Waals surface area contributed by atoms with Crippen molar-refractivity contribution < 1.29 is 9.50 Å². The van der Waals surface area contributed by atoms with E-state index in [2.05, 4.69) is 15.6 Å². The molecule has 0 aliphatic carbocycles. The second-order valence-corrected chi connectivity index (χ2v) is 6.14. The standard InChI is InChI=1S/C19H23ClFN3O/c1-3-22-19(24-13(2)15-5-4-6-16(20)11-15)23-12-18(25)14-7-9-17(21)10-8-14/h4-11,13,18,25H,3,12H2,1-2H3,(H2,22,23,24). The Balaban J connectivity index is 2.03. The molecule has 2 aromatic rings. The van der Waals surface area contributed by atoms with Crippen molar-refractivity contribution in [3.63, 3.8) is 0 Å². The summed E-state index contributed by atoms with van der Waals surface area (Å²) < 4.78 is 13.0. The van der Waals surface area contributed by atoms with Gasteiger partial charge in [-0.3, -0.25) is 4.99 Å². The van der Waals surface area contributed by atoms with E-state index in [-0.39, 0.29) is 18.4 Å². The van der Waals surface area contributed by atoms with Crippen LogP contribution in [0.4, 0.5) is 4.39 Å². The first kappa shape index (κ1) is 19.2. The van der Waals surface area contributed by atoms with E-state index in [0.717, 1.165) is 5.56 Å². The number of rotatable bonds is 6. The van der Waals surface area contributed by atoms with Crippen LogP contribution in [-0.4, -0.2) is 24.2 Å². The molecule has 4 nitrogen and oxygen atoms in total. The van der Waals surface area contributed by atoms with E-state index in [1.807, 2.05) is 38.1 Å². The van der Waals surface area contributed by atoms with Crippen molar-refractivity contribution in [1.82, 2.24) is 10.6 Å². The maximum atomic E-state index is 13.0. The molecule has 0 fully saturated rings. The van der Waals surface area contributed by atoms with Crippen LogP contribution in [0.3, 0.4) is 0 Å². The Bertz CT molecular complexity index is 706. The van der Waals surface area contributed by atoms with Crippen molar-refractivity contribution in [2.45, 2.75) is 26.0 Å². The lowest BCUT2D eigenvalue weighted by Crippen LogP contribution is -2.39. The molecule has 0 spiro atoms. The number of aliphatic hydroxyl groups is 1. The lowest BCUT2D eigenvalue weighted by Gasteiger charge is -2.19. The van der Waals surface area contributed by atoms with Crippen LogP contribution in [0.15, 0.2) is 53.5 Å². The quantitative estimate of drug-likeness (QED) is 0.540. The molecule has 0 aliphatic heterocycles. The Morgan fingerprint density at radius 1 is 1.20 bits per heavy atom. The lowest BCUT2D eigenvalue weighted by atomic mass is 10.1. The molecule has 25 heavy (non-hydrogen) atoms. The number of aliphatic hydroxyl groups excluding tert-OH is 1. The van der Waals surface area contributed by atoms with E-state index in [0.29, 0.717) is 23.1 Å². The van der Waals surface area contributed by atoms with Crippen molar-refractivity contribution in [3.05, 3.63) is 70.5 Å². The summed E-state index contributed by atoms with van der Waals surface area (Å²) in [4.78, 5) is 4.42. The fourth-order valence-electron chi connectivity index (χ4n) is 2.35. The molecule has 0 amide bonds. The zero-order valence-electron chi connectivity index (χ0n) is 14.3. The van der Waals surface area contributed by atoms with Crippen molar-refractivity contribution in [2.24, 2.45) is 4.99 Å². The Labute approximate surface area is 152 Å². The molecular formula is C19H23ClFN3O. The first-order valence-electron chi connectivity index (χ1n) is 8.23. The van der Waals surface area contributed by atoms with Gasteiger partial charge in [-0.15, -0.1) is 0 Å². The Kier molecular flexibility index (Phi) is 7.22. The fraction of sp³-hybridized carbons (Fsp3) is 0.316. The van der Waals surface area contributed by atoms with E-state index < -0.39 is 6.10 Å². The SMILES string of the molecule is CCNC(=NCC(O)c1ccc(F)cc1)NC(C)c1cccc(Cl)c1. The van der Waals surface area contributed by atoms with E-state index >= 15 is 0 Å². The highest BCUT2D eigenvalue weighted by Crippen LogP contribution is 2.17. The Morgan fingerprint density at radius 2 is 1.92 bits per heavy atom. The molecule has 2 aromatic carbocycles. The molecule has 6 heteroatoms. The highest BCUT2D eigenvalue weighted by Gasteiger charge is 2.10. The van der Waals surface area contributed by atoms with Gasteiger partial charge in [-0.25, -0.2) is 4.39 Å². The average molecular weight is 364 g/mol. The van der Waals surface area contributed by atoms with E-state index in [9.17, 15) is 9.50 Å². The Hall–Kier alpha value is -2.11. The predicted molar refractivity (Wildman–Crippen MR) is 100 cm³/mol. The van der Waals surface area contributed by atoms with Crippen LogP contribution in [0.1, 0.15) is 37.1 Å². The summed E-state index contributed by atoms with van der Waals surface area (Å²) in [6.45, 7) is 4.84. The van der Waals surface area contributed by atoms with Crippen molar-refractivity contribution in [2.75, 3.05) is 13.1 Å². The van der Waals surface area contributed by atoms with Gasteiger partial charge >= 0.3 is 0 Å². The summed E-state index contributed by atoms with van der Waals surface area (Å²) in [5.74, 6) is 0.265. The summed E-state index contributed by atoms with van der Waals surface area (Å²) in [7, 11) is 0. The third-order valence-corrected chi connectivity index (χ3v) is 3.96. The van der Waals surface area contributed by atoms with Crippen molar-refractivity contribution in [3.8, 4) is 0 Å². The van der Waals surface area contributed by atoms with Gasteiger partial charge in [0.1, 0.15) is 5.82 Å². The van der Waals surface area contributed by atoms with Crippen LogP contribution in [0, 0.1) is 5.82 Å². The fourth-order valence-corrected chi connectivity index (χ4v) is 2.55. The third kappa shape index (κ3) is 6.03. The van der Waals surface area contributed by atoms with Gasteiger partial charge in [-0.2, -0.15) is 0 Å². The van der Waals surface area contributed by atoms with Gasteiger partial charge in [0.2, 0.25) is 0 Å². The normalized spacial score (nSPS) is 14.0. The zero-order valence-corrected chi connectivity index (χ0v) is 15.1.